The first-order chi connectivity index (χ1) is 16.6. The predicted octanol–water partition coefficient (Wildman–Crippen LogP) is 5.10. The van der Waals surface area contributed by atoms with Crippen molar-refractivity contribution in [2.24, 2.45) is 0 Å². The minimum absolute atomic E-state index is 0.00617. The molecule has 1 heterocycles. The molecule has 1 aliphatic rings. The average molecular weight is 520 g/mol. The van der Waals surface area contributed by atoms with Gasteiger partial charge in [-0.25, -0.2) is 8.42 Å². The molecular weight excluding hydrogens is 482 g/mol. The average Bonchev–Trinajstić information content (AvgIpc) is 2.82. The zero-order valence-electron chi connectivity index (χ0n) is 21.3. The standard InChI is InChI=1S/C27H38ClN3O3S/c1-5-31(35(33,34)26-19-20(2)24(28)18-21(26)3)25-12-7-6-10-22(25)13-14-27(32)29-16-15-23-11-8-9-17-30(23)4/h6-7,10,12,18-19,23H,5,8-9,11,13-17H2,1-4H3,(H,29,32). The van der Waals surface area contributed by atoms with Crippen LogP contribution in [0, 0.1) is 13.8 Å². The van der Waals surface area contributed by atoms with E-state index < -0.39 is 10.0 Å². The first kappa shape index (κ1) is 27.5. The molecule has 3 rings (SSSR count). The second-order valence-electron chi connectivity index (χ2n) is 9.43. The van der Waals surface area contributed by atoms with Gasteiger partial charge in [0, 0.05) is 30.6 Å². The largest absolute Gasteiger partial charge is 0.356 e. The van der Waals surface area contributed by atoms with Crippen LogP contribution < -0.4 is 9.62 Å². The maximum atomic E-state index is 13.7. The second kappa shape index (κ2) is 12.2. The Hall–Kier alpha value is -2.09. The van der Waals surface area contributed by atoms with Gasteiger partial charge >= 0.3 is 0 Å². The summed E-state index contributed by atoms with van der Waals surface area (Å²) < 4.78 is 28.7. The van der Waals surface area contributed by atoms with Gasteiger partial charge in [0.05, 0.1) is 10.6 Å². The van der Waals surface area contributed by atoms with Crippen LogP contribution in [-0.4, -0.2) is 51.9 Å². The van der Waals surface area contributed by atoms with E-state index in [0.717, 1.165) is 24.1 Å². The van der Waals surface area contributed by atoms with Crippen LogP contribution in [0.3, 0.4) is 0 Å². The number of amides is 1. The molecule has 0 saturated carbocycles. The summed E-state index contributed by atoms with van der Waals surface area (Å²) in [4.78, 5) is 15.2. The minimum atomic E-state index is -3.80. The molecule has 1 atom stereocenters. The number of anilines is 1. The molecule has 0 aliphatic carbocycles. The number of hydrogen-bond donors (Lipinski definition) is 1. The van der Waals surface area contributed by atoms with Crippen molar-refractivity contribution in [3.63, 3.8) is 0 Å². The van der Waals surface area contributed by atoms with E-state index >= 15 is 0 Å². The smallest absolute Gasteiger partial charge is 0.264 e. The molecule has 0 spiro atoms. The third kappa shape index (κ3) is 6.78. The van der Waals surface area contributed by atoms with Crippen molar-refractivity contribution in [3.8, 4) is 0 Å². The number of likely N-dealkylation sites (tertiary alicyclic amines) is 1. The highest BCUT2D eigenvalue weighted by molar-refractivity contribution is 7.92. The van der Waals surface area contributed by atoms with Gasteiger partial charge in [0.15, 0.2) is 0 Å². The monoisotopic (exact) mass is 519 g/mol. The Morgan fingerprint density at radius 1 is 1.17 bits per heavy atom. The number of benzene rings is 2. The lowest BCUT2D eigenvalue weighted by atomic mass is 10.00. The predicted molar refractivity (Wildman–Crippen MR) is 144 cm³/mol. The summed E-state index contributed by atoms with van der Waals surface area (Å²) in [5.41, 5.74) is 2.78. The molecule has 1 unspecified atom stereocenters. The Bertz CT molecular complexity index is 1140. The van der Waals surface area contributed by atoms with E-state index in [1.54, 1.807) is 26.0 Å². The highest BCUT2D eigenvalue weighted by Crippen LogP contribution is 2.31. The molecule has 8 heteroatoms. The van der Waals surface area contributed by atoms with Gasteiger partial charge in [-0.15, -0.1) is 0 Å². The van der Waals surface area contributed by atoms with Crippen molar-refractivity contribution in [1.29, 1.82) is 0 Å². The lowest BCUT2D eigenvalue weighted by Gasteiger charge is -2.32. The topological polar surface area (TPSA) is 69.7 Å². The number of nitrogens with one attached hydrogen (secondary N) is 1. The Morgan fingerprint density at radius 3 is 2.63 bits per heavy atom. The Labute approximate surface area is 215 Å². The van der Waals surface area contributed by atoms with Crippen LogP contribution >= 0.6 is 11.6 Å². The molecule has 35 heavy (non-hydrogen) atoms. The normalized spacial score (nSPS) is 16.8. The zero-order chi connectivity index (χ0) is 25.6. The van der Waals surface area contributed by atoms with E-state index in [9.17, 15) is 13.2 Å². The van der Waals surface area contributed by atoms with Crippen molar-refractivity contribution < 1.29 is 13.2 Å². The van der Waals surface area contributed by atoms with E-state index in [2.05, 4.69) is 17.3 Å². The molecule has 192 valence electrons. The van der Waals surface area contributed by atoms with Crippen LogP contribution in [-0.2, 0) is 21.2 Å². The molecule has 1 fully saturated rings. The number of rotatable bonds is 10. The summed E-state index contributed by atoms with van der Waals surface area (Å²) in [5, 5.41) is 3.60. The molecule has 2 aromatic rings. The SMILES string of the molecule is CCN(c1ccccc1CCC(=O)NCCC1CCCCN1C)S(=O)(=O)c1cc(C)c(Cl)cc1C. The van der Waals surface area contributed by atoms with Crippen LogP contribution in [0.5, 0.6) is 0 Å². The third-order valence-corrected chi connectivity index (χ3v) is 9.35. The maximum absolute atomic E-state index is 13.7. The second-order valence-corrected chi connectivity index (χ2v) is 11.7. The molecule has 1 N–H and O–H groups in total. The quantitative estimate of drug-likeness (QED) is 0.474. The fourth-order valence-corrected chi connectivity index (χ4v) is 6.83. The van der Waals surface area contributed by atoms with Gasteiger partial charge < -0.3 is 10.2 Å². The van der Waals surface area contributed by atoms with E-state index in [-0.39, 0.29) is 17.3 Å². The zero-order valence-corrected chi connectivity index (χ0v) is 22.9. The van der Waals surface area contributed by atoms with Crippen LogP contribution in [0.4, 0.5) is 5.69 Å². The summed E-state index contributed by atoms with van der Waals surface area (Å²) in [7, 11) is -1.64. The van der Waals surface area contributed by atoms with Crippen molar-refractivity contribution in [1.82, 2.24) is 10.2 Å². The Kier molecular flexibility index (Phi) is 9.62. The Morgan fingerprint density at radius 2 is 1.91 bits per heavy atom. The van der Waals surface area contributed by atoms with E-state index in [0.29, 0.717) is 41.7 Å². The highest BCUT2D eigenvalue weighted by Gasteiger charge is 2.27. The summed E-state index contributed by atoms with van der Waals surface area (Å²) in [5.74, 6) is -0.00617. The number of nitrogens with zero attached hydrogens (tertiary/aromatic N) is 2. The van der Waals surface area contributed by atoms with Crippen LogP contribution in [0.2, 0.25) is 5.02 Å². The number of para-hydroxylation sites is 1. The van der Waals surface area contributed by atoms with Crippen LogP contribution in [0.25, 0.3) is 0 Å². The number of hydrogen-bond acceptors (Lipinski definition) is 4. The van der Waals surface area contributed by atoms with Crippen LogP contribution in [0.1, 0.15) is 55.7 Å². The lowest BCUT2D eigenvalue weighted by molar-refractivity contribution is -0.121. The summed E-state index contributed by atoms with van der Waals surface area (Å²) in [6, 6.07) is 11.3. The lowest BCUT2D eigenvalue weighted by Crippen LogP contribution is -2.39. The summed E-state index contributed by atoms with van der Waals surface area (Å²) in [6.45, 7) is 7.45. The third-order valence-electron chi connectivity index (χ3n) is 6.91. The van der Waals surface area contributed by atoms with E-state index in [1.165, 1.54) is 23.6 Å². The van der Waals surface area contributed by atoms with Gasteiger partial charge in [-0.1, -0.05) is 36.2 Å². The van der Waals surface area contributed by atoms with Crippen molar-refractivity contribution >= 4 is 33.2 Å². The molecule has 1 aliphatic heterocycles. The van der Waals surface area contributed by atoms with Gasteiger partial charge in [0.1, 0.15) is 0 Å². The molecule has 1 amide bonds. The number of piperidine rings is 1. The van der Waals surface area contributed by atoms with Crippen LogP contribution in [0.15, 0.2) is 41.3 Å². The molecule has 0 bridgehead atoms. The fraction of sp³-hybridized carbons (Fsp3) is 0.519. The van der Waals surface area contributed by atoms with E-state index in [1.807, 2.05) is 31.2 Å². The van der Waals surface area contributed by atoms with E-state index in [4.69, 9.17) is 11.6 Å². The molecule has 2 aromatic carbocycles. The summed E-state index contributed by atoms with van der Waals surface area (Å²) >= 11 is 6.20. The van der Waals surface area contributed by atoms with Crippen molar-refractivity contribution in [3.05, 3.63) is 58.1 Å². The van der Waals surface area contributed by atoms with Gasteiger partial charge in [-0.2, -0.15) is 0 Å². The number of carbonyl (C=O) groups is 1. The molecule has 0 aromatic heterocycles. The minimum Gasteiger partial charge on any atom is -0.356 e. The van der Waals surface area contributed by atoms with Crippen molar-refractivity contribution in [2.75, 3.05) is 31.0 Å². The number of halogens is 1. The number of aryl methyl sites for hydroxylation is 3. The van der Waals surface area contributed by atoms with Gasteiger partial charge in [0.2, 0.25) is 5.91 Å². The maximum Gasteiger partial charge on any atom is 0.264 e. The Balaban J connectivity index is 1.69. The van der Waals surface area contributed by atoms with Gasteiger partial charge in [0.25, 0.3) is 10.0 Å². The molecule has 1 saturated heterocycles. The fourth-order valence-electron chi connectivity index (χ4n) is 4.81. The highest BCUT2D eigenvalue weighted by atomic mass is 35.5. The molecule has 0 radical (unpaired) electrons. The van der Waals surface area contributed by atoms with Gasteiger partial charge in [-0.3, -0.25) is 9.10 Å². The van der Waals surface area contributed by atoms with Crippen molar-refractivity contribution in [2.45, 2.75) is 70.2 Å². The number of sulfonamides is 1. The first-order valence-corrected chi connectivity index (χ1v) is 14.3. The number of carbonyl (C=O) groups excluding carboxylic acids is 1. The summed E-state index contributed by atoms with van der Waals surface area (Å²) in [6.07, 6.45) is 5.44. The molecule has 6 nitrogen and oxygen atoms in total. The van der Waals surface area contributed by atoms with Gasteiger partial charge in [-0.05, 0) is 94.9 Å². The first-order valence-electron chi connectivity index (χ1n) is 12.5. The molecular formula is C27H38ClN3O3S.